The van der Waals surface area contributed by atoms with E-state index in [4.69, 9.17) is 8.85 Å². The Kier molecular flexibility index (Phi) is 11.6. The molecule has 2 aromatic rings. The van der Waals surface area contributed by atoms with Crippen LogP contribution in [-0.2, 0) is 13.6 Å². The van der Waals surface area contributed by atoms with Gasteiger partial charge in [0.2, 0.25) is 8.32 Å². The van der Waals surface area contributed by atoms with Crippen molar-refractivity contribution < 1.29 is 13.6 Å². The molecular formula is C40H62O3Si2. The van der Waals surface area contributed by atoms with Crippen LogP contribution in [0, 0.1) is 17.3 Å². The molecule has 0 heterocycles. The Bertz CT molecular complexity index is 1200. The Labute approximate surface area is 277 Å². The lowest BCUT2D eigenvalue weighted by Gasteiger charge is -2.54. The molecule has 3 nitrogen and oxygen atoms in total. The summed E-state index contributed by atoms with van der Waals surface area (Å²) < 4.78 is 15.0. The van der Waals surface area contributed by atoms with Gasteiger partial charge < -0.3 is 13.6 Å². The van der Waals surface area contributed by atoms with Gasteiger partial charge in [0, 0.05) is 18.4 Å². The van der Waals surface area contributed by atoms with Gasteiger partial charge in [-0.25, -0.2) is 0 Å². The molecule has 0 saturated heterocycles. The van der Waals surface area contributed by atoms with Crippen molar-refractivity contribution in [1.29, 1.82) is 0 Å². The number of carbonyl (C=O) groups is 1. The minimum atomic E-state index is -2.58. The van der Waals surface area contributed by atoms with Crippen LogP contribution in [-0.4, -0.2) is 35.6 Å². The van der Waals surface area contributed by atoms with E-state index in [0.717, 1.165) is 25.7 Å². The summed E-state index contributed by atoms with van der Waals surface area (Å²) in [6.07, 6.45) is 9.64. The zero-order valence-electron chi connectivity index (χ0n) is 30.1. The zero-order valence-corrected chi connectivity index (χ0v) is 32.1. The molecule has 45 heavy (non-hydrogen) atoms. The topological polar surface area (TPSA) is 35.5 Å². The van der Waals surface area contributed by atoms with E-state index in [-0.39, 0.29) is 16.6 Å². The first-order valence-corrected chi connectivity index (χ1v) is 21.9. The number of hydrogen-bond acceptors (Lipinski definition) is 3. The lowest BCUT2D eigenvalue weighted by atomic mass is 9.59. The minimum absolute atomic E-state index is 0.0386. The molecule has 0 unspecified atom stereocenters. The fourth-order valence-corrected chi connectivity index (χ4v) is 20.1. The van der Waals surface area contributed by atoms with Crippen molar-refractivity contribution in [2.45, 2.75) is 136 Å². The molecule has 0 bridgehead atoms. The predicted octanol–water partition coefficient (Wildman–Crippen LogP) is 9.86. The Morgan fingerprint density at radius 2 is 1.40 bits per heavy atom. The summed E-state index contributed by atoms with van der Waals surface area (Å²) in [6.45, 7) is 24.5. The third-order valence-corrected chi connectivity index (χ3v) is 22.8. The summed E-state index contributed by atoms with van der Waals surface area (Å²) in [4.78, 5) is 12.5. The number of aldehydes is 1. The maximum Gasteiger partial charge on any atom is 0.261 e. The molecule has 5 heteroatoms. The lowest BCUT2D eigenvalue weighted by Crippen LogP contribution is -2.66. The number of fused-ring (bicyclic) bond motifs is 1. The molecule has 0 radical (unpaired) electrons. The molecule has 0 amide bonds. The molecule has 1 saturated carbocycles. The fourth-order valence-electron chi connectivity index (χ4n) is 9.84. The summed E-state index contributed by atoms with van der Waals surface area (Å²) in [5, 5.41) is 2.62. The van der Waals surface area contributed by atoms with E-state index in [0.29, 0.717) is 41.5 Å². The second kappa shape index (κ2) is 14.5. The third-order valence-electron chi connectivity index (χ3n) is 11.7. The van der Waals surface area contributed by atoms with E-state index >= 15 is 0 Å². The monoisotopic (exact) mass is 646 g/mol. The summed E-state index contributed by atoms with van der Waals surface area (Å²) >= 11 is 0. The molecule has 2 aliphatic carbocycles. The Balaban J connectivity index is 1.64. The van der Waals surface area contributed by atoms with Crippen LogP contribution in [0.15, 0.2) is 72.3 Å². The molecule has 4 atom stereocenters. The number of hydrogen-bond donors (Lipinski definition) is 0. The van der Waals surface area contributed by atoms with Crippen LogP contribution in [0.2, 0.25) is 21.7 Å². The number of benzene rings is 2. The summed E-state index contributed by atoms with van der Waals surface area (Å²) in [7, 11) is -4.71. The maximum atomic E-state index is 12.5. The van der Waals surface area contributed by atoms with E-state index < -0.39 is 16.6 Å². The van der Waals surface area contributed by atoms with Crippen LogP contribution in [0.1, 0.15) is 108 Å². The SMILES string of the molecule is CC(C)[Si](O[C@H]1C[C@H](C)C[C@@H]2CC=C(CCCO[Si](c3ccccc3)(c3ccccc3)C(C)(C)C)[C@]21CC=O)(C(C)C)C(C)C. The van der Waals surface area contributed by atoms with Gasteiger partial charge in [0.1, 0.15) is 6.29 Å². The van der Waals surface area contributed by atoms with Crippen molar-refractivity contribution >= 4 is 33.3 Å². The normalized spacial score (nSPS) is 24.3. The zero-order chi connectivity index (χ0) is 33.0. The largest absolute Gasteiger partial charge is 0.412 e. The molecule has 248 valence electrons. The standard InChI is InChI=1S/C40H62O3Si2/c1-30(2)44(31(3)4,32(5)6)43-38-29-33(7)28-35-24-23-34(40(35,38)25-26-41)18-17-27-42-45(39(8,9)10,36-19-13-11-14-20-36)37-21-15-12-16-22-37/h11-16,19-23,26,30-33,35,38H,17-18,24-25,27-29H2,1-10H3/t33-,35+,38+,40-/m1/s1. The summed E-state index contributed by atoms with van der Waals surface area (Å²) in [5.41, 5.74) is 2.87. The van der Waals surface area contributed by atoms with Crippen LogP contribution in [0.3, 0.4) is 0 Å². The number of carbonyl (C=O) groups excluding carboxylic acids is 1. The highest BCUT2D eigenvalue weighted by molar-refractivity contribution is 6.99. The van der Waals surface area contributed by atoms with Crippen LogP contribution in [0.4, 0.5) is 0 Å². The summed E-state index contributed by atoms with van der Waals surface area (Å²) in [6, 6.07) is 21.9. The first-order valence-electron chi connectivity index (χ1n) is 17.8. The number of rotatable bonds is 14. The Morgan fingerprint density at radius 1 is 0.867 bits per heavy atom. The van der Waals surface area contributed by atoms with E-state index in [1.807, 2.05) is 0 Å². The fraction of sp³-hybridized carbons (Fsp3) is 0.625. The highest BCUT2D eigenvalue weighted by Crippen LogP contribution is 2.60. The molecular weight excluding hydrogens is 585 g/mol. The Hall–Kier alpha value is -1.80. The van der Waals surface area contributed by atoms with Gasteiger partial charge in [0.15, 0.2) is 0 Å². The smallest absolute Gasteiger partial charge is 0.261 e. The molecule has 0 spiro atoms. The van der Waals surface area contributed by atoms with Gasteiger partial charge in [-0.15, -0.1) is 0 Å². The first-order chi connectivity index (χ1) is 21.3. The molecule has 2 aliphatic rings. The molecule has 4 rings (SSSR count). The molecule has 0 aliphatic heterocycles. The van der Waals surface area contributed by atoms with Crippen LogP contribution < -0.4 is 10.4 Å². The van der Waals surface area contributed by atoms with Crippen molar-refractivity contribution in [3.05, 3.63) is 72.3 Å². The highest BCUT2D eigenvalue weighted by atomic mass is 28.4. The van der Waals surface area contributed by atoms with Gasteiger partial charge in [-0.3, -0.25) is 0 Å². The van der Waals surface area contributed by atoms with Crippen LogP contribution in [0.25, 0.3) is 0 Å². The minimum Gasteiger partial charge on any atom is -0.412 e. The molecule has 0 N–H and O–H groups in total. The van der Waals surface area contributed by atoms with Gasteiger partial charge in [-0.1, -0.05) is 142 Å². The van der Waals surface area contributed by atoms with Gasteiger partial charge >= 0.3 is 0 Å². The highest BCUT2D eigenvalue weighted by Gasteiger charge is 2.58. The molecule has 2 aromatic carbocycles. The average molecular weight is 647 g/mol. The van der Waals surface area contributed by atoms with Gasteiger partial charge in [-0.05, 0) is 76.0 Å². The van der Waals surface area contributed by atoms with Crippen molar-refractivity contribution in [3.8, 4) is 0 Å². The Morgan fingerprint density at radius 3 is 1.87 bits per heavy atom. The quantitative estimate of drug-likeness (QED) is 0.0887. The molecule has 0 aromatic heterocycles. The number of allylic oxidation sites excluding steroid dienone is 1. The third kappa shape index (κ3) is 6.66. The van der Waals surface area contributed by atoms with Crippen molar-refractivity contribution in [2.75, 3.05) is 6.61 Å². The van der Waals surface area contributed by atoms with E-state index in [1.165, 1.54) is 28.7 Å². The van der Waals surface area contributed by atoms with E-state index in [2.05, 4.69) is 136 Å². The van der Waals surface area contributed by atoms with Gasteiger partial charge in [0.05, 0.1) is 6.10 Å². The van der Waals surface area contributed by atoms with Crippen molar-refractivity contribution in [3.63, 3.8) is 0 Å². The van der Waals surface area contributed by atoms with Gasteiger partial charge in [0.25, 0.3) is 8.32 Å². The second-order valence-electron chi connectivity index (χ2n) is 16.2. The van der Waals surface area contributed by atoms with E-state index in [9.17, 15) is 4.79 Å². The van der Waals surface area contributed by atoms with Crippen molar-refractivity contribution in [1.82, 2.24) is 0 Å². The average Bonchev–Trinajstić information content (AvgIpc) is 3.33. The summed E-state index contributed by atoms with van der Waals surface area (Å²) in [5.74, 6) is 1.10. The van der Waals surface area contributed by atoms with Crippen LogP contribution in [0.5, 0.6) is 0 Å². The van der Waals surface area contributed by atoms with Gasteiger partial charge in [-0.2, -0.15) is 0 Å². The first kappa shape index (κ1) is 36.0. The molecule has 1 fully saturated rings. The van der Waals surface area contributed by atoms with Crippen molar-refractivity contribution in [2.24, 2.45) is 17.3 Å². The second-order valence-corrected chi connectivity index (χ2v) is 25.9. The predicted molar refractivity (Wildman–Crippen MR) is 196 cm³/mol. The maximum absolute atomic E-state index is 12.5. The van der Waals surface area contributed by atoms with Crippen LogP contribution >= 0.6 is 0 Å². The van der Waals surface area contributed by atoms with E-state index in [1.54, 1.807) is 0 Å². The lowest BCUT2D eigenvalue weighted by molar-refractivity contribution is -0.114.